The summed E-state index contributed by atoms with van der Waals surface area (Å²) in [5.41, 5.74) is 2.59. The van der Waals surface area contributed by atoms with E-state index in [9.17, 15) is 9.59 Å². The van der Waals surface area contributed by atoms with E-state index in [2.05, 4.69) is 6.07 Å². The SMILES string of the molecule is COC(=O)C1=CN(C(=O)c2ccccc2)C(c2ccc(C#N)cc2)[Se]C1. The van der Waals surface area contributed by atoms with Gasteiger partial charge in [-0.15, -0.1) is 0 Å². The second kappa shape index (κ2) is 8.01. The maximum atomic E-state index is 13.0. The first-order chi connectivity index (χ1) is 12.6. The molecule has 0 aromatic heterocycles. The fraction of sp³-hybridized carbons (Fsp3) is 0.150. The van der Waals surface area contributed by atoms with Crippen molar-refractivity contribution in [3.63, 3.8) is 0 Å². The number of carbonyl (C=O) groups is 2. The number of benzene rings is 2. The summed E-state index contributed by atoms with van der Waals surface area (Å²) in [6.07, 6.45) is 1.61. The van der Waals surface area contributed by atoms with Gasteiger partial charge in [-0.2, -0.15) is 0 Å². The summed E-state index contributed by atoms with van der Waals surface area (Å²) in [7, 11) is 1.34. The molecule has 2 aromatic rings. The molecule has 5 nitrogen and oxygen atoms in total. The number of nitriles is 1. The van der Waals surface area contributed by atoms with E-state index in [0.717, 1.165) is 5.56 Å². The van der Waals surface area contributed by atoms with Gasteiger partial charge in [0.1, 0.15) is 0 Å². The summed E-state index contributed by atoms with van der Waals surface area (Å²) in [6, 6.07) is 18.3. The first-order valence-corrected chi connectivity index (χ1v) is 10.1. The Morgan fingerprint density at radius 1 is 1.15 bits per heavy atom. The fourth-order valence-electron chi connectivity index (χ4n) is 2.64. The molecule has 0 fully saturated rings. The second-order valence-electron chi connectivity index (χ2n) is 5.62. The van der Waals surface area contributed by atoms with Crippen LogP contribution in [0.4, 0.5) is 0 Å². The van der Waals surface area contributed by atoms with Crippen LogP contribution >= 0.6 is 0 Å². The first kappa shape index (κ1) is 17.9. The van der Waals surface area contributed by atoms with Crippen LogP contribution in [0.15, 0.2) is 66.4 Å². The molecule has 0 radical (unpaired) electrons. The Morgan fingerprint density at radius 3 is 2.46 bits per heavy atom. The summed E-state index contributed by atoms with van der Waals surface area (Å²) in [5.74, 6) is -0.570. The summed E-state index contributed by atoms with van der Waals surface area (Å²) in [6.45, 7) is 0. The van der Waals surface area contributed by atoms with Crippen molar-refractivity contribution in [3.05, 3.63) is 83.1 Å². The number of hydrogen-bond donors (Lipinski definition) is 0. The molecule has 0 N–H and O–H groups in total. The Labute approximate surface area is 158 Å². The number of ether oxygens (including phenoxy) is 1. The summed E-state index contributed by atoms with van der Waals surface area (Å²) >= 11 is -0.0448. The molecule has 1 aliphatic heterocycles. The number of esters is 1. The van der Waals surface area contributed by atoms with Crippen LogP contribution < -0.4 is 0 Å². The fourth-order valence-corrected chi connectivity index (χ4v) is 5.15. The molecule has 1 atom stereocenters. The van der Waals surface area contributed by atoms with Crippen LogP contribution in [0.2, 0.25) is 5.32 Å². The quantitative estimate of drug-likeness (QED) is 0.575. The van der Waals surface area contributed by atoms with Crippen molar-refractivity contribution >= 4 is 26.8 Å². The molecule has 1 amide bonds. The van der Waals surface area contributed by atoms with Gasteiger partial charge >= 0.3 is 158 Å². The van der Waals surface area contributed by atoms with Crippen molar-refractivity contribution in [1.82, 2.24) is 4.90 Å². The van der Waals surface area contributed by atoms with Gasteiger partial charge in [0.15, 0.2) is 0 Å². The minimum absolute atomic E-state index is 0.0448. The number of amides is 1. The van der Waals surface area contributed by atoms with Gasteiger partial charge in [-0.25, -0.2) is 0 Å². The molecule has 0 saturated carbocycles. The van der Waals surface area contributed by atoms with Gasteiger partial charge in [0.25, 0.3) is 0 Å². The molecular formula is C20H16N2O3Se. The molecule has 26 heavy (non-hydrogen) atoms. The van der Waals surface area contributed by atoms with E-state index in [-0.39, 0.29) is 25.8 Å². The van der Waals surface area contributed by atoms with Crippen LogP contribution in [0.1, 0.15) is 26.4 Å². The third-order valence-electron chi connectivity index (χ3n) is 3.97. The van der Waals surface area contributed by atoms with Crippen molar-refractivity contribution in [2.45, 2.75) is 10.3 Å². The van der Waals surface area contributed by atoms with Crippen molar-refractivity contribution in [1.29, 1.82) is 5.26 Å². The van der Waals surface area contributed by atoms with E-state index in [1.807, 2.05) is 30.3 Å². The predicted octanol–water partition coefficient (Wildman–Crippen LogP) is 2.89. The van der Waals surface area contributed by atoms with Gasteiger partial charge in [-0.05, 0) is 0 Å². The van der Waals surface area contributed by atoms with Gasteiger partial charge < -0.3 is 0 Å². The van der Waals surface area contributed by atoms with Gasteiger partial charge in [0, 0.05) is 0 Å². The molecule has 2 aromatic carbocycles. The van der Waals surface area contributed by atoms with E-state index in [1.54, 1.807) is 35.4 Å². The standard InChI is InChI=1S/C20H16N2O3Se/c1-25-20(24)17-12-22(18(23)15-5-3-2-4-6-15)19(26-13-17)16-9-7-14(11-21)8-10-16/h2-10,12,19H,13H2,1H3. The molecule has 0 bridgehead atoms. The van der Waals surface area contributed by atoms with Gasteiger partial charge in [-0.3, -0.25) is 0 Å². The molecule has 3 rings (SSSR count). The molecule has 0 spiro atoms. The summed E-state index contributed by atoms with van der Waals surface area (Å²) in [5, 5.41) is 9.57. The number of carbonyl (C=O) groups excluding carboxylic acids is 2. The van der Waals surface area contributed by atoms with Crippen LogP contribution in [0.3, 0.4) is 0 Å². The summed E-state index contributed by atoms with van der Waals surface area (Å²) in [4.78, 5) is 26.5. The summed E-state index contributed by atoms with van der Waals surface area (Å²) < 4.78 is 4.82. The van der Waals surface area contributed by atoms with E-state index in [1.165, 1.54) is 7.11 Å². The Balaban J connectivity index is 1.99. The van der Waals surface area contributed by atoms with E-state index < -0.39 is 5.97 Å². The molecule has 1 unspecified atom stereocenters. The van der Waals surface area contributed by atoms with Gasteiger partial charge in [0.2, 0.25) is 0 Å². The van der Waals surface area contributed by atoms with Gasteiger partial charge in [-0.1, -0.05) is 0 Å². The van der Waals surface area contributed by atoms with Crippen molar-refractivity contribution in [3.8, 4) is 6.07 Å². The van der Waals surface area contributed by atoms with Crippen LogP contribution in [-0.4, -0.2) is 38.8 Å². The van der Waals surface area contributed by atoms with Crippen molar-refractivity contribution in [2.24, 2.45) is 0 Å². The number of methoxy groups -OCH3 is 1. The van der Waals surface area contributed by atoms with Crippen LogP contribution in [0.25, 0.3) is 0 Å². The maximum absolute atomic E-state index is 13.0. The third-order valence-corrected chi connectivity index (χ3v) is 6.68. The van der Waals surface area contributed by atoms with Crippen molar-refractivity contribution in [2.75, 3.05) is 7.11 Å². The monoisotopic (exact) mass is 412 g/mol. The predicted molar refractivity (Wildman–Crippen MR) is 97.2 cm³/mol. The zero-order chi connectivity index (χ0) is 18.5. The Morgan fingerprint density at radius 2 is 1.85 bits per heavy atom. The minimum atomic E-state index is -0.406. The molecular weight excluding hydrogens is 395 g/mol. The first-order valence-electron chi connectivity index (χ1n) is 7.92. The number of rotatable bonds is 3. The number of nitrogens with zero attached hydrogens (tertiary/aromatic N) is 2. The van der Waals surface area contributed by atoms with Crippen molar-refractivity contribution < 1.29 is 14.3 Å². The second-order valence-corrected chi connectivity index (χ2v) is 7.86. The molecule has 0 aliphatic carbocycles. The zero-order valence-corrected chi connectivity index (χ0v) is 15.8. The molecule has 1 aliphatic rings. The van der Waals surface area contributed by atoms with E-state index >= 15 is 0 Å². The Kier molecular flexibility index (Phi) is 5.52. The Bertz CT molecular complexity index is 886. The molecule has 6 heteroatoms. The normalized spacial score (nSPS) is 16.4. The van der Waals surface area contributed by atoms with E-state index in [4.69, 9.17) is 10.00 Å². The van der Waals surface area contributed by atoms with Gasteiger partial charge in [0.05, 0.1) is 0 Å². The Hall–Kier alpha value is -2.87. The van der Waals surface area contributed by atoms with Crippen LogP contribution in [-0.2, 0) is 9.53 Å². The third kappa shape index (κ3) is 3.70. The van der Waals surface area contributed by atoms with Crippen LogP contribution in [0, 0.1) is 11.3 Å². The van der Waals surface area contributed by atoms with Crippen LogP contribution in [0.5, 0.6) is 0 Å². The zero-order valence-electron chi connectivity index (χ0n) is 14.1. The molecule has 0 saturated heterocycles. The topological polar surface area (TPSA) is 70.4 Å². The average molecular weight is 411 g/mol. The average Bonchev–Trinajstić information content (AvgIpc) is 2.73. The number of hydrogen-bond acceptors (Lipinski definition) is 4. The van der Waals surface area contributed by atoms with E-state index in [0.29, 0.717) is 22.0 Å². The molecule has 1 heterocycles. The molecule has 130 valence electrons.